The molecule has 2 aromatic heterocycles. The predicted molar refractivity (Wildman–Crippen MR) is 84.1 cm³/mol. The molecule has 0 aliphatic carbocycles. The highest BCUT2D eigenvalue weighted by molar-refractivity contribution is 5.63. The van der Waals surface area contributed by atoms with E-state index in [0.29, 0.717) is 11.8 Å². The molecule has 0 unspecified atom stereocenters. The molecule has 6 nitrogen and oxygen atoms in total. The smallest absolute Gasteiger partial charge is 0.225 e. The molecule has 21 heavy (non-hydrogen) atoms. The SMILES string of the molecule is CNc1cc(-c2cccnc2)nc(N[C@@H](CO)C(C)C)n1. The Morgan fingerprint density at radius 3 is 2.67 bits per heavy atom. The van der Waals surface area contributed by atoms with Gasteiger partial charge in [-0.05, 0) is 18.1 Å². The van der Waals surface area contributed by atoms with E-state index in [1.165, 1.54) is 0 Å². The Balaban J connectivity index is 2.34. The number of anilines is 2. The standard InChI is InChI=1S/C15H21N5O/c1-10(2)13(9-21)19-15-18-12(7-14(16-3)20-15)11-5-4-6-17-8-11/h4-8,10,13,21H,9H2,1-3H3,(H2,16,18,19,20)/t13-/m0/s1. The molecule has 2 heterocycles. The fraction of sp³-hybridized carbons (Fsp3) is 0.400. The van der Waals surface area contributed by atoms with E-state index >= 15 is 0 Å². The summed E-state index contributed by atoms with van der Waals surface area (Å²) >= 11 is 0. The lowest BCUT2D eigenvalue weighted by atomic mass is 10.1. The van der Waals surface area contributed by atoms with Crippen molar-refractivity contribution in [1.29, 1.82) is 0 Å². The van der Waals surface area contributed by atoms with Crippen molar-refractivity contribution in [3.05, 3.63) is 30.6 Å². The Morgan fingerprint density at radius 2 is 2.10 bits per heavy atom. The molecule has 0 amide bonds. The number of hydrogen-bond donors (Lipinski definition) is 3. The fourth-order valence-corrected chi connectivity index (χ4v) is 1.89. The highest BCUT2D eigenvalue weighted by Crippen LogP contribution is 2.21. The van der Waals surface area contributed by atoms with Crippen LogP contribution in [0.15, 0.2) is 30.6 Å². The second-order valence-electron chi connectivity index (χ2n) is 5.13. The van der Waals surface area contributed by atoms with Gasteiger partial charge in [0.25, 0.3) is 0 Å². The maximum absolute atomic E-state index is 9.43. The summed E-state index contributed by atoms with van der Waals surface area (Å²) in [4.78, 5) is 13.0. The van der Waals surface area contributed by atoms with Gasteiger partial charge in [-0.3, -0.25) is 4.98 Å². The number of aliphatic hydroxyl groups excluding tert-OH is 1. The number of aliphatic hydroxyl groups is 1. The van der Waals surface area contributed by atoms with Crippen LogP contribution < -0.4 is 10.6 Å². The van der Waals surface area contributed by atoms with Crippen LogP contribution in [0.25, 0.3) is 11.3 Å². The number of pyridine rings is 1. The summed E-state index contributed by atoms with van der Waals surface area (Å²) in [5, 5.41) is 15.6. The quantitative estimate of drug-likeness (QED) is 0.754. The summed E-state index contributed by atoms with van der Waals surface area (Å²) in [6.07, 6.45) is 3.49. The molecule has 0 aliphatic rings. The Morgan fingerprint density at radius 1 is 1.29 bits per heavy atom. The zero-order chi connectivity index (χ0) is 15.2. The Hall–Kier alpha value is -2.21. The maximum Gasteiger partial charge on any atom is 0.225 e. The van der Waals surface area contributed by atoms with Gasteiger partial charge < -0.3 is 15.7 Å². The molecule has 0 spiro atoms. The summed E-state index contributed by atoms with van der Waals surface area (Å²) in [5.41, 5.74) is 1.70. The first-order valence-corrected chi connectivity index (χ1v) is 6.98. The van der Waals surface area contributed by atoms with Crippen LogP contribution in [0.2, 0.25) is 0 Å². The average Bonchev–Trinajstić information content (AvgIpc) is 2.52. The van der Waals surface area contributed by atoms with Crippen molar-refractivity contribution in [3.63, 3.8) is 0 Å². The molecule has 0 saturated heterocycles. The molecule has 2 rings (SSSR count). The van der Waals surface area contributed by atoms with Crippen molar-refractivity contribution in [2.24, 2.45) is 5.92 Å². The van der Waals surface area contributed by atoms with Gasteiger partial charge in [-0.2, -0.15) is 4.98 Å². The topological polar surface area (TPSA) is 83.0 Å². The lowest BCUT2D eigenvalue weighted by molar-refractivity contribution is 0.248. The van der Waals surface area contributed by atoms with E-state index < -0.39 is 0 Å². The highest BCUT2D eigenvalue weighted by Gasteiger charge is 2.14. The van der Waals surface area contributed by atoms with E-state index in [4.69, 9.17) is 0 Å². The average molecular weight is 287 g/mol. The number of rotatable bonds is 6. The molecule has 3 N–H and O–H groups in total. The molecule has 0 aliphatic heterocycles. The van der Waals surface area contributed by atoms with Crippen LogP contribution >= 0.6 is 0 Å². The van der Waals surface area contributed by atoms with E-state index in [0.717, 1.165) is 11.3 Å². The van der Waals surface area contributed by atoms with Crippen molar-refractivity contribution in [2.45, 2.75) is 19.9 Å². The summed E-state index contributed by atoms with van der Waals surface area (Å²) in [5.74, 6) is 1.49. The molecule has 0 fully saturated rings. The van der Waals surface area contributed by atoms with Gasteiger partial charge in [-0.25, -0.2) is 4.98 Å². The Bertz CT molecular complexity index is 574. The minimum atomic E-state index is -0.0844. The first-order valence-electron chi connectivity index (χ1n) is 6.98. The van der Waals surface area contributed by atoms with Gasteiger partial charge in [0.1, 0.15) is 5.82 Å². The Kier molecular flexibility index (Phi) is 5.05. The third-order valence-corrected chi connectivity index (χ3v) is 3.26. The zero-order valence-corrected chi connectivity index (χ0v) is 12.5. The molecule has 0 saturated carbocycles. The van der Waals surface area contributed by atoms with Crippen molar-refractivity contribution in [2.75, 3.05) is 24.3 Å². The van der Waals surface area contributed by atoms with Crippen LogP contribution in [-0.2, 0) is 0 Å². The van der Waals surface area contributed by atoms with Crippen molar-refractivity contribution in [3.8, 4) is 11.3 Å². The van der Waals surface area contributed by atoms with Gasteiger partial charge in [0.2, 0.25) is 5.95 Å². The third kappa shape index (κ3) is 3.88. The molecule has 0 radical (unpaired) electrons. The summed E-state index contributed by atoms with van der Waals surface area (Å²) < 4.78 is 0. The molecule has 6 heteroatoms. The third-order valence-electron chi connectivity index (χ3n) is 3.26. The second kappa shape index (κ2) is 6.99. The van der Waals surface area contributed by atoms with Gasteiger partial charge >= 0.3 is 0 Å². The van der Waals surface area contributed by atoms with E-state index in [1.807, 2.05) is 39.1 Å². The van der Waals surface area contributed by atoms with E-state index in [-0.39, 0.29) is 18.6 Å². The monoisotopic (exact) mass is 287 g/mol. The summed E-state index contributed by atoms with van der Waals surface area (Å²) in [6, 6.07) is 5.60. The highest BCUT2D eigenvalue weighted by atomic mass is 16.3. The van der Waals surface area contributed by atoms with Gasteiger partial charge in [0.05, 0.1) is 18.3 Å². The van der Waals surface area contributed by atoms with E-state index in [1.54, 1.807) is 12.4 Å². The van der Waals surface area contributed by atoms with Crippen LogP contribution in [0.5, 0.6) is 0 Å². The van der Waals surface area contributed by atoms with E-state index in [2.05, 4.69) is 25.6 Å². The zero-order valence-electron chi connectivity index (χ0n) is 12.5. The van der Waals surface area contributed by atoms with Crippen molar-refractivity contribution >= 4 is 11.8 Å². The maximum atomic E-state index is 9.43. The normalized spacial score (nSPS) is 12.2. The summed E-state index contributed by atoms with van der Waals surface area (Å²) in [7, 11) is 1.81. The molecular weight excluding hydrogens is 266 g/mol. The van der Waals surface area contributed by atoms with Gasteiger partial charge in [-0.1, -0.05) is 13.8 Å². The number of hydrogen-bond acceptors (Lipinski definition) is 6. The second-order valence-corrected chi connectivity index (χ2v) is 5.13. The van der Waals surface area contributed by atoms with Crippen molar-refractivity contribution < 1.29 is 5.11 Å². The lowest BCUT2D eigenvalue weighted by Gasteiger charge is -2.20. The lowest BCUT2D eigenvalue weighted by Crippen LogP contribution is -2.30. The van der Waals surface area contributed by atoms with Crippen LogP contribution in [0, 0.1) is 5.92 Å². The molecule has 112 valence electrons. The van der Waals surface area contributed by atoms with Gasteiger partial charge in [0.15, 0.2) is 0 Å². The Labute approximate surface area is 124 Å². The minimum Gasteiger partial charge on any atom is -0.394 e. The molecule has 1 atom stereocenters. The van der Waals surface area contributed by atoms with E-state index in [9.17, 15) is 5.11 Å². The minimum absolute atomic E-state index is 0.0348. The number of aromatic nitrogens is 3. The first kappa shape index (κ1) is 15.2. The fourth-order valence-electron chi connectivity index (χ4n) is 1.89. The summed E-state index contributed by atoms with van der Waals surface area (Å²) in [6.45, 7) is 4.11. The van der Waals surface area contributed by atoms with Crippen LogP contribution in [0.4, 0.5) is 11.8 Å². The molecular formula is C15H21N5O. The van der Waals surface area contributed by atoms with Crippen LogP contribution in [-0.4, -0.2) is 39.8 Å². The number of nitrogens with zero attached hydrogens (tertiary/aromatic N) is 3. The van der Waals surface area contributed by atoms with Crippen molar-refractivity contribution in [1.82, 2.24) is 15.0 Å². The molecule has 0 aromatic carbocycles. The van der Waals surface area contributed by atoms with Crippen LogP contribution in [0.1, 0.15) is 13.8 Å². The van der Waals surface area contributed by atoms with Gasteiger partial charge in [0, 0.05) is 31.1 Å². The predicted octanol–water partition coefficient (Wildman–Crippen LogP) is 2.01. The molecule has 2 aromatic rings. The first-order chi connectivity index (χ1) is 10.1. The number of nitrogens with one attached hydrogen (secondary N) is 2. The molecule has 0 bridgehead atoms. The van der Waals surface area contributed by atoms with Crippen LogP contribution in [0.3, 0.4) is 0 Å². The largest absolute Gasteiger partial charge is 0.394 e. The van der Waals surface area contributed by atoms with Gasteiger partial charge in [-0.15, -0.1) is 0 Å².